The monoisotopic (exact) mass is 282 g/mol. The molecule has 104 valence electrons. The minimum absolute atomic E-state index is 0.129. The van der Waals surface area contributed by atoms with Crippen LogP contribution < -0.4 is 5.73 Å². The van der Waals surface area contributed by atoms with Gasteiger partial charge in [0, 0.05) is 17.5 Å². The maximum atomic E-state index is 11.7. The van der Waals surface area contributed by atoms with Crippen molar-refractivity contribution in [2.45, 2.75) is 31.8 Å². The van der Waals surface area contributed by atoms with Crippen LogP contribution in [0.2, 0.25) is 5.02 Å². The minimum atomic E-state index is -0.358. The molecule has 1 aliphatic rings. The lowest BCUT2D eigenvalue weighted by Gasteiger charge is -2.38. The second-order valence-corrected chi connectivity index (χ2v) is 5.32. The number of nitrogens with zero attached hydrogens (tertiary/aromatic N) is 1. The summed E-state index contributed by atoms with van der Waals surface area (Å²) in [4.78, 5) is 13.3. The van der Waals surface area contributed by atoms with Crippen molar-refractivity contribution in [1.29, 1.82) is 0 Å². The van der Waals surface area contributed by atoms with E-state index < -0.39 is 0 Å². The Morgan fingerprint density at radius 2 is 2.26 bits per heavy atom. The Hall–Kier alpha value is -1.26. The van der Waals surface area contributed by atoms with E-state index in [2.05, 4.69) is 0 Å². The molecular formula is C14H19ClN2O2. The fourth-order valence-electron chi connectivity index (χ4n) is 2.61. The first-order valence-corrected chi connectivity index (χ1v) is 6.78. The number of hydrogen-bond donors (Lipinski definition) is 1. The van der Waals surface area contributed by atoms with E-state index in [4.69, 9.17) is 22.1 Å². The summed E-state index contributed by atoms with van der Waals surface area (Å²) < 4.78 is 4.77. The smallest absolute Gasteiger partial charge is 0.410 e. The summed E-state index contributed by atoms with van der Waals surface area (Å²) in [7, 11) is 1.38. The third-order valence-corrected chi connectivity index (χ3v) is 4.13. The van der Waals surface area contributed by atoms with Gasteiger partial charge >= 0.3 is 6.09 Å². The van der Waals surface area contributed by atoms with E-state index in [1.165, 1.54) is 7.11 Å². The van der Waals surface area contributed by atoms with Gasteiger partial charge in [0.1, 0.15) is 0 Å². The van der Waals surface area contributed by atoms with Crippen LogP contribution in [0, 0.1) is 6.92 Å². The van der Waals surface area contributed by atoms with E-state index in [1.807, 2.05) is 25.1 Å². The van der Waals surface area contributed by atoms with Gasteiger partial charge in [0.2, 0.25) is 0 Å². The van der Waals surface area contributed by atoms with Crippen molar-refractivity contribution in [3.8, 4) is 0 Å². The summed E-state index contributed by atoms with van der Waals surface area (Å²) in [6.07, 6.45) is 1.19. The Morgan fingerprint density at radius 3 is 2.89 bits per heavy atom. The second kappa shape index (κ2) is 5.80. The first-order chi connectivity index (χ1) is 9.04. The fourth-order valence-corrected chi connectivity index (χ4v) is 2.73. The third kappa shape index (κ3) is 2.85. The molecule has 0 bridgehead atoms. The summed E-state index contributed by atoms with van der Waals surface area (Å²) in [5, 5.41) is 0.748. The Labute approximate surface area is 118 Å². The van der Waals surface area contributed by atoms with E-state index in [1.54, 1.807) is 4.90 Å². The van der Waals surface area contributed by atoms with Gasteiger partial charge in [-0.1, -0.05) is 23.7 Å². The normalized spacial score (nSPS) is 23.3. The molecule has 5 heteroatoms. The molecule has 1 heterocycles. The lowest BCUT2D eigenvalue weighted by molar-refractivity contribution is 0.0831. The summed E-state index contributed by atoms with van der Waals surface area (Å²) >= 11 is 6.04. The number of methoxy groups -OCH3 is 1. The Bertz CT molecular complexity index is 479. The standard InChI is InChI=1S/C14H19ClN2O2/c1-9-8-10(5-6-12(9)15)11-4-3-7-17(13(11)16)14(18)19-2/h5-6,8,11,13H,3-4,7,16H2,1-2H3. The number of rotatable bonds is 1. The van der Waals surface area contributed by atoms with Crippen LogP contribution in [-0.2, 0) is 4.74 Å². The van der Waals surface area contributed by atoms with Crippen LogP contribution in [0.3, 0.4) is 0 Å². The van der Waals surface area contributed by atoms with Crippen LogP contribution in [0.15, 0.2) is 18.2 Å². The van der Waals surface area contributed by atoms with E-state index in [0.29, 0.717) is 6.54 Å². The molecule has 4 nitrogen and oxygen atoms in total. The van der Waals surface area contributed by atoms with Crippen molar-refractivity contribution in [2.75, 3.05) is 13.7 Å². The van der Waals surface area contributed by atoms with E-state index in [9.17, 15) is 4.79 Å². The molecule has 2 N–H and O–H groups in total. The fraction of sp³-hybridized carbons (Fsp3) is 0.500. The van der Waals surface area contributed by atoms with E-state index in [0.717, 1.165) is 29.0 Å². The highest BCUT2D eigenvalue weighted by molar-refractivity contribution is 6.31. The van der Waals surface area contributed by atoms with Crippen LogP contribution in [0.5, 0.6) is 0 Å². The molecular weight excluding hydrogens is 264 g/mol. The van der Waals surface area contributed by atoms with Gasteiger partial charge < -0.3 is 10.5 Å². The first-order valence-electron chi connectivity index (χ1n) is 6.41. The van der Waals surface area contributed by atoms with Gasteiger partial charge in [0.05, 0.1) is 13.3 Å². The van der Waals surface area contributed by atoms with Crippen molar-refractivity contribution in [3.63, 3.8) is 0 Å². The number of carbonyl (C=O) groups is 1. The average molecular weight is 283 g/mol. The molecule has 19 heavy (non-hydrogen) atoms. The van der Waals surface area contributed by atoms with Gasteiger partial charge in [-0.15, -0.1) is 0 Å². The predicted octanol–water partition coefficient (Wildman–Crippen LogP) is 2.88. The van der Waals surface area contributed by atoms with Crippen molar-refractivity contribution >= 4 is 17.7 Å². The molecule has 1 amide bonds. The van der Waals surface area contributed by atoms with Gasteiger partial charge in [0.25, 0.3) is 0 Å². The van der Waals surface area contributed by atoms with Gasteiger partial charge in [-0.2, -0.15) is 0 Å². The maximum Gasteiger partial charge on any atom is 0.410 e. The Balaban J connectivity index is 2.23. The molecule has 0 radical (unpaired) electrons. The lowest BCUT2D eigenvalue weighted by atomic mass is 9.87. The topological polar surface area (TPSA) is 55.6 Å². The van der Waals surface area contributed by atoms with Crippen LogP contribution in [0.25, 0.3) is 0 Å². The molecule has 0 saturated carbocycles. The molecule has 1 aromatic carbocycles. The third-order valence-electron chi connectivity index (χ3n) is 3.71. The summed E-state index contributed by atoms with van der Waals surface area (Å²) in [5.41, 5.74) is 8.37. The highest BCUT2D eigenvalue weighted by Gasteiger charge is 2.33. The minimum Gasteiger partial charge on any atom is -0.453 e. The zero-order chi connectivity index (χ0) is 14.0. The summed E-state index contributed by atoms with van der Waals surface area (Å²) in [6, 6.07) is 5.92. The number of nitrogens with two attached hydrogens (primary N) is 1. The SMILES string of the molecule is COC(=O)N1CCCC(c2ccc(Cl)c(C)c2)C1N. The van der Waals surface area contributed by atoms with Crippen molar-refractivity contribution in [2.24, 2.45) is 5.73 Å². The largest absolute Gasteiger partial charge is 0.453 e. The van der Waals surface area contributed by atoms with Gasteiger partial charge in [-0.05, 0) is 37.0 Å². The van der Waals surface area contributed by atoms with Crippen LogP contribution in [0.1, 0.15) is 29.9 Å². The van der Waals surface area contributed by atoms with Crippen molar-refractivity contribution in [3.05, 3.63) is 34.3 Å². The lowest BCUT2D eigenvalue weighted by Crippen LogP contribution is -2.52. The number of halogens is 1. The van der Waals surface area contributed by atoms with E-state index >= 15 is 0 Å². The zero-order valence-corrected chi connectivity index (χ0v) is 12.0. The molecule has 0 spiro atoms. The van der Waals surface area contributed by atoms with Crippen LogP contribution in [-0.4, -0.2) is 30.8 Å². The molecule has 1 aliphatic heterocycles. The number of likely N-dealkylation sites (tertiary alicyclic amines) is 1. The molecule has 1 saturated heterocycles. The molecule has 0 aliphatic carbocycles. The predicted molar refractivity (Wildman–Crippen MR) is 75.3 cm³/mol. The molecule has 2 rings (SSSR count). The zero-order valence-electron chi connectivity index (χ0n) is 11.2. The average Bonchev–Trinajstić information content (AvgIpc) is 2.41. The molecule has 1 fully saturated rings. The highest BCUT2D eigenvalue weighted by Crippen LogP contribution is 2.32. The van der Waals surface area contributed by atoms with Crippen molar-refractivity contribution < 1.29 is 9.53 Å². The highest BCUT2D eigenvalue weighted by atomic mass is 35.5. The number of aryl methyl sites for hydroxylation is 1. The summed E-state index contributed by atoms with van der Waals surface area (Å²) in [5.74, 6) is 0.129. The molecule has 2 atom stereocenters. The number of piperidine rings is 1. The van der Waals surface area contributed by atoms with Crippen LogP contribution >= 0.6 is 11.6 Å². The van der Waals surface area contributed by atoms with Crippen LogP contribution in [0.4, 0.5) is 4.79 Å². The van der Waals surface area contributed by atoms with Crippen molar-refractivity contribution in [1.82, 2.24) is 4.90 Å². The van der Waals surface area contributed by atoms with E-state index in [-0.39, 0.29) is 18.2 Å². The molecule has 2 unspecified atom stereocenters. The Kier molecular flexibility index (Phi) is 4.32. The number of amides is 1. The van der Waals surface area contributed by atoms with Gasteiger partial charge in [0.15, 0.2) is 0 Å². The second-order valence-electron chi connectivity index (χ2n) is 4.91. The van der Waals surface area contributed by atoms with Gasteiger partial charge in [-0.3, -0.25) is 4.90 Å². The first kappa shape index (κ1) is 14.2. The maximum absolute atomic E-state index is 11.7. The molecule has 1 aromatic rings. The quantitative estimate of drug-likeness (QED) is 0.862. The number of carbonyl (C=O) groups excluding carboxylic acids is 1. The number of benzene rings is 1. The summed E-state index contributed by atoms with van der Waals surface area (Å²) in [6.45, 7) is 2.62. The number of hydrogen-bond acceptors (Lipinski definition) is 3. The molecule has 0 aromatic heterocycles. The number of ether oxygens (including phenoxy) is 1. The van der Waals surface area contributed by atoms with Gasteiger partial charge in [-0.25, -0.2) is 4.79 Å². The Morgan fingerprint density at radius 1 is 1.53 bits per heavy atom.